The van der Waals surface area contributed by atoms with Gasteiger partial charge in [0.05, 0.1) is 16.9 Å². The predicted molar refractivity (Wildman–Crippen MR) is 118 cm³/mol. The van der Waals surface area contributed by atoms with E-state index in [0.29, 0.717) is 23.6 Å². The third-order valence-corrected chi connectivity index (χ3v) is 6.48. The van der Waals surface area contributed by atoms with Crippen molar-refractivity contribution < 1.29 is 22.4 Å². The Labute approximate surface area is 185 Å². The summed E-state index contributed by atoms with van der Waals surface area (Å²) in [5, 5.41) is 2.72. The number of benzene rings is 2. The summed E-state index contributed by atoms with van der Waals surface area (Å²) >= 11 is 0. The van der Waals surface area contributed by atoms with Crippen molar-refractivity contribution in [3.8, 4) is 5.75 Å². The van der Waals surface area contributed by atoms with Crippen LogP contribution in [0.5, 0.6) is 5.75 Å². The van der Waals surface area contributed by atoms with Crippen molar-refractivity contribution in [2.45, 2.75) is 17.3 Å². The standard InChI is InChI=1S/C23H21N3O5S/c1-26-13-12-24-21(26)15-31-19-9-7-18(8-10-19)25-23(27)22-17(11-14-30-22)16-32(28,29)20-5-3-2-4-6-20/h2-14H,15-16H2,1H3,(H,25,27). The van der Waals surface area contributed by atoms with Gasteiger partial charge in [-0.2, -0.15) is 0 Å². The van der Waals surface area contributed by atoms with E-state index in [1.807, 2.05) is 17.8 Å². The number of carbonyl (C=O) groups is 1. The molecule has 0 aliphatic heterocycles. The number of furan rings is 1. The molecule has 0 bridgehead atoms. The third-order valence-electron chi connectivity index (χ3n) is 4.80. The van der Waals surface area contributed by atoms with Gasteiger partial charge in [-0.25, -0.2) is 13.4 Å². The first-order valence-electron chi connectivity index (χ1n) is 9.77. The predicted octanol–water partition coefficient (Wildman–Crippen LogP) is 3.82. The second kappa shape index (κ2) is 9.11. The van der Waals surface area contributed by atoms with Crippen LogP contribution in [0.3, 0.4) is 0 Å². The van der Waals surface area contributed by atoms with E-state index in [-0.39, 0.29) is 16.4 Å². The average Bonchev–Trinajstić information content (AvgIpc) is 3.42. The Bertz CT molecular complexity index is 1310. The number of aromatic nitrogens is 2. The lowest BCUT2D eigenvalue weighted by atomic mass is 10.2. The summed E-state index contributed by atoms with van der Waals surface area (Å²) in [5.74, 6) is 0.502. The molecule has 9 heteroatoms. The van der Waals surface area contributed by atoms with Crippen molar-refractivity contribution in [1.29, 1.82) is 0 Å². The highest BCUT2D eigenvalue weighted by atomic mass is 32.2. The maximum absolute atomic E-state index is 12.7. The van der Waals surface area contributed by atoms with Crippen molar-refractivity contribution in [1.82, 2.24) is 9.55 Å². The van der Waals surface area contributed by atoms with Gasteiger partial charge in [-0.15, -0.1) is 0 Å². The van der Waals surface area contributed by atoms with E-state index in [0.717, 1.165) is 5.82 Å². The van der Waals surface area contributed by atoms with E-state index >= 15 is 0 Å². The Hall–Kier alpha value is -3.85. The van der Waals surface area contributed by atoms with Crippen LogP contribution in [0.1, 0.15) is 21.9 Å². The fourth-order valence-corrected chi connectivity index (χ4v) is 4.45. The minimum atomic E-state index is -3.61. The summed E-state index contributed by atoms with van der Waals surface area (Å²) < 4.78 is 38.1. The molecule has 1 amide bonds. The molecule has 2 aromatic carbocycles. The summed E-state index contributed by atoms with van der Waals surface area (Å²) in [6, 6.07) is 16.4. The number of ether oxygens (including phenoxy) is 1. The Morgan fingerprint density at radius 3 is 2.53 bits per heavy atom. The van der Waals surface area contributed by atoms with Gasteiger partial charge in [0.1, 0.15) is 18.2 Å². The van der Waals surface area contributed by atoms with Gasteiger partial charge in [-0.3, -0.25) is 4.79 Å². The van der Waals surface area contributed by atoms with Crippen molar-refractivity contribution >= 4 is 21.4 Å². The minimum Gasteiger partial charge on any atom is -0.486 e. The lowest BCUT2D eigenvalue weighted by Gasteiger charge is -2.09. The molecule has 0 saturated heterocycles. The van der Waals surface area contributed by atoms with Crippen molar-refractivity contribution in [2.24, 2.45) is 7.05 Å². The van der Waals surface area contributed by atoms with E-state index in [2.05, 4.69) is 10.3 Å². The first kappa shape index (κ1) is 21.4. The van der Waals surface area contributed by atoms with Crippen LogP contribution in [0.25, 0.3) is 0 Å². The van der Waals surface area contributed by atoms with Gasteiger partial charge in [0.2, 0.25) is 0 Å². The van der Waals surface area contributed by atoms with Crippen molar-refractivity contribution in [3.05, 3.63) is 96.5 Å². The molecule has 0 spiro atoms. The van der Waals surface area contributed by atoms with Crippen LogP contribution in [0.2, 0.25) is 0 Å². The fraction of sp³-hybridized carbons (Fsp3) is 0.130. The van der Waals surface area contributed by atoms with Crippen LogP contribution in [0, 0.1) is 0 Å². The topological polar surface area (TPSA) is 103 Å². The molecule has 4 rings (SSSR count). The first-order valence-corrected chi connectivity index (χ1v) is 11.4. The fourth-order valence-electron chi connectivity index (χ4n) is 3.07. The number of carbonyl (C=O) groups excluding carboxylic acids is 1. The van der Waals surface area contributed by atoms with Gasteiger partial charge >= 0.3 is 0 Å². The van der Waals surface area contributed by atoms with Gasteiger partial charge in [-0.1, -0.05) is 18.2 Å². The zero-order valence-electron chi connectivity index (χ0n) is 17.3. The number of hydrogen-bond acceptors (Lipinski definition) is 6. The summed E-state index contributed by atoms with van der Waals surface area (Å²) in [4.78, 5) is 17.1. The second-order valence-corrected chi connectivity index (χ2v) is 9.06. The molecule has 2 heterocycles. The molecule has 0 atom stereocenters. The minimum absolute atomic E-state index is 0.0420. The number of rotatable bonds is 8. The third kappa shape index (κ3) is 4.89. The van der Waals surface area contributed by atoms with Gasteiger partial charge in [0.25, 0.3) is 5.91 Å². The van der Waals surface area contributed by atoms with Crippen LogP contribution < -0.4 is 10.1 Å². The van der Waals surface area contributed by atoms with Crippen LogP contribution >= 0.6 is 0 Å². The SMILES string of the molecule is Cn1ccnc1COc1ccc(NC(=O)c2occc2CS(=O)(=O)c2ccccc2)cc1. The molecule has 8 nitrogen and oxygen atoms in total. The quantitative estimate of drug-likeness (QED) is 0.437. The zero-order chi connectivity index (χ0) is 22.6. The maximum Gasteiger partial charge on any atom is 0.291 e. The highest BCUT2D eigenvalue weighted by molar-refractivity contribution is 7.90. The Morgan fingerprint density at radius 1 is 1.09 bits per heavy atom. The lowest BCUT2D eigenvalue weighted by Crippen LogP contribution is -2.14. The molecular formula is C23H21N3O5S. The Balaban J connectivity index is 1.40. The normalized spacial score (nSPS) is 11.3. The summed E-state index contributed by atoms with van der Waals surface area (Å²) in [5.41, 5.74) is 0.814. The Morgan fingerprint density at radius 2 is 1.84 bits per heavy atom. The Kier molecular flexibility index (Phi) is 6.09. The number of hydrogen-bond donors (Lipinski definition) is 1. The number of nitrogens with zero attached hydrogens (tertiary/aromatic N) is 2. The molecule has 0 saturated carbocycles. The van der Waals surface area contributed by atoms with Crippen LogP contribution in [-0.4, -0.2) is 23.9 Å². The van der Waals surface area contributed by atoms with E-state index < -0.39 is 15.7 Å². The highest BCUT2D eigenvalue weighted by Crippen LogP contribution is 2.22. The largest absolute Gasteiger partial charge is 0.486 e. The average molecular weight is 452 g/mol. The smallest absolute Gasteiger partial charge is 0.291 e. The molecular weight excluding hydrogens is 430 g/mol. The molecule has 0 radical (unpaired) electrons. The van der Waals surface area contributed by atoms with E-state index in [4.69, 9.17) is 9.15 Å². The molecule has 32 heavy (non-hydrogen) atoms. The number of imidazole rings is 1. The molecule has 164 valence electrons. The number of aryl methyl sites for hydroxylation is 1. The summed E-state index contributed by atoms with van der Waals surface area (Å²) in [7, 11) is -1.72. The first-order chi connectivity index (χ1) is 15.4. The summed E-state index contributed by atoms with van der Waals surface area (Å²) in [6.45, 7) is 0.320. The molecule has 0 aliphatic rings. The zero-order valence-corrected chi connectivity index (χ0v) is 18.1. The summed E-state index contributed by atoms with van der Waals surface area (Å²) in [6.07, 6.45) is 4.84. The molecule has 0 fully saturated rings. The van der Waals surface area contributed by atoms with Gasteiger partial charge in [0, 0.05) is 30.7 Å². The van der Waals surface area contributed by atoms with E-state index in [1.165, 1.54) is 24.5 Å². The molecule has 0 unspecified atom stereocenters. The van der Waals surface area contributed by atoms with Gasteiger partial charge in [-0.05, 0) is 42.5 Å². The van der Waals surface area contributed by atoms with Crippen LogP contribution in [0.4, 0.5) is 5.69 Å². The monoisotopic (exact) mass is 451 g/mol. The number of nitrogens with one attached hydrogen (secondary N) is 1. The van der Waals surface area contributed by atoms with Crippen molar-refractivity contribution in [3.63, 3.8) is 0 Å². The molecule has 1 N–H and O–H groups in total. The molecule has 4 aromatic rings. The van der Waals surface area contributed by atoms with Gasteiger partial charge in [0.15, 0.2) is 15.6 Å². The van der Waals surface area contributed by atoms with E-state index in [9.17, 15) is 13.2 Å². The maximum atomic E-state index is 12.7. The number of amides is 1. The van der Waals surface area contributed by atoms with Crippen LogP contribution in [-0.2, 0) is 29.2 Å². The molecule has 2 aromatic heterocycles. The highest BCUT2D eigenvalue weighted by Gasteiger charge is 2.22. The lowest BCUT2D eigenvalue weighted by molar-refractivity contribution is 0.0995. The number of anilines is 1. The molecule has 0 aliphatic carbocycles. The number of sulfone groups is 1. The van der Waals surface area contributed by atoms with Crippen molar-refractivity contribution in [2.75, 3.05) is 5.32 Å². The van der Waals surface area contributed by atoms with E-state index in [1.54, 1.807) is 48.7 Å². The second-order valence-electron chi connectivity index (χ2n) is 7.07. The van der Waals surface area contributed by atoms with Gasteiger partial charge < -0.3 is 19.0 Å². The van der Waals surface area contributed by atoms with Crippen LogP contribution in [0.15, 0.2) is 88.6 Å².